The van der Waals surface area contributed by atoms with Gasteiger partial charge in [0.05, 0.1) is 28.8 Å². The molecule has 1 atom stereocenters. The van der Waals surface area contributed by atoms with E-state index in [-0.39, 0.29) is 18.4 Å². The molecule has 1 aromatic carbocycles. The number of dihydropyridines is 1. The number of non-ortho nitro benzene ring substituents is 1. The van der Waals surface area contributed by atoms with Crippen LogP contribution >= 0.6 is 11.8 Å². The number of nitrogens with one attached hydrogen (secondary N) is 1. The van der Waals surface area contributed by atoms with Crippen molar-refractivity contribution in [3.05, 3.63) is 56.9 Å². The maximum Gasteiger partial charge on any atom is 0.336 e. The molecule has 8 nitrogen and oxygen atoms in total. The number of allylic oxidation sites excluding steroid dienone is 2. The first kappa shape index (κ1) is 24.5. The van der Waals surface area contributed by atoms with Crippen LogP contribution in [-0.2, 0) is 19.1 Å². The van der Waals surface area contributed by atoms with Gasteiger partial charge in [-0.15, -0.1) is 11.8 Å². The van der Waals surface area contributed by atoms with Gasteiger partial charge in [-0.25, -0.2) is 9.59 Å². The molecular weight excluding hydrogens is 420 g/mol. The SMILES string of the molecule is CC1=C(C(=O)OCCCSc2ccc([N+](=O)[O-])cc2)C(C)C(C(=O)OC(C)C)=C(C)N1. The van der Waals surface area contributed by atoms with Gasteiger partial charge in [-0.3, -0.25) is 10.1 Å². The van der Waals surface area contributed by atoms with Crippen molar-refractivity contribution in [2.24, 2.45) is 5.92 Å². The minimum Gasteiger partial charge on any atom is -0.462 e. The van der Waals surface area contributed by atoms with Crippen LogP contribution in [0.3, 0.4) is 0 Å². The maximum absolute atomic E-state index is 12.7. The standard InChI is InChI=1S/C22H28N2O6S/c1-13(2)30-22(26)20-14(3)19(15(4)23-16(20)5)21(25)29-11-6-12-31-18-9-7-17(8-10-18)24(27)28/h7-10,13-14,23H,6,11-12H2,1-5H3. The molecule has 0 saturated carbocycles. The van der Waals surface area contributed by atoms with Crippen LogP contribution in [0.25, 0.3) is 0 Å². The molecule has 0 saturated heterocycles. The number of ether oxygens (including phenoxy) is 2. The van der Waals surface area contributed by atoms with Crippen molar-refractivity contribution >= 4 is 29.4 Å². The Balaban J connectivity index is 1.87. The third-order valence-electron chi connectivity index (χ3n) is 4.67. The molecule has 1 unspecified atom stereocenters. The number of hydrogen-bond donors (Lipinski definition) is 1. The van der Waals surface area contributed by atoms with Crippen LogP contribution in [0.4, 0.5) is 5.69 Å². The molecule has 1 heterocycles. The van der Waals surface area contributed by atoms with E-state index in [1.54, 1.807) is 46.8 Å². The molecular formula is C22H28N2O6S. The van der Waals surface area contributed by atoms with E-state index in [2.05, 4.69) is 5.32 Å². The molecule has 0 bridgehead atoms. The molecule has 1 aromatic rings. The molecule has 1 aliphatic rings. The molecule has 9 heteroatoms. The number of nitro benzene ring substituents is 1. The van der Waals surface area contributed by atoms with Crippen molar-refractivity contribution in [3.8, 4) is 0 Å². The van der Waals surface area contributed by atoms with Crippen LogP contribution in [0.2, 0.25) is 0 Å². The molecule has 0 amide bonds. The van der Waals surface area contributed by atoms with Gasteiger partial charge in [0.1, 0.15) is 0 Å². The summed E-state index contributed by atoms with van der Waals surface area (Å²) in [6.45, 7) is 9.15. The Morgan fingerprint density at radius 1 is 1.13 bits per heavy atom. The highest BCUT2D eigenvalue weighted by atomic mass is 32.2. The molecule has 0 fully saturated rings. The van der Waals surface area contributed by atoms with E-state index < -0.39 is 22.8 Å². The summed E-state index contributed by atoms with van der Waals surface area (Å²) in [4.78, 5) is 36.3. The zero-order valence-electron chi connectivity index (χ0n) is 18.4. The number of rotatable bonds is 9. The van der Waals surface area contributed by atoms with Crippen molar-refractivity contribution in [1.29, 1.82) is 0 Å². The van der Waals surface area contributed by atoms with E-state index in [0.717, 1.165) is 4.90 Å². The Kier molecular flexibility index (Phi) is 8.67. The highest BCUT2D eigenvalue weighted by Gasteiger charge is 2.34. The Bertz CT molecular complexity index is 905. The second-order valence-corrected chi connectivity index (χ2v) is 8.64. The predicted octanol–water partition coefficient (Wildman–Crippen LogP) is 4.36. The average Bonchev–Trinajstić information content (AvgIpc) is 2.67. The topological polar surface area (TPSA) is 108 Å². The summed E-state index contributed by atoms with van der Waals surface area (Å²) in [6.07, 6.45) is 0.370. The highest BCUT2D eigenvalue weighted by molar-refractivity contribution is 7.99. The lowest BCUT2D eigenvalue weighted by Crippen LogP contribution is -2.33. The molecule has 1 N–H and O–H groups in total. The first-order valence-electron chi connectivity index (χ1n) is 10.1. The molecule has 0 aliphatic carbocycles. The van der Waals surface area contributed by atoms with Gasteiger partial charge in [0, 0.05) is 40.1 Å². The van der Waals surface area contributed by atoms with Gasteiger partial charge in [-0.05, 0) is 46.2 Å². The normalized spacial score (nSPS) is 16.3. The Hall–Kier alpha value is -2.81. The number of hydrogen-bond acceptors (Lipinski definition) is 8. The number of nitrogens with zero attached hydrogens (tertiary/aromatic N) is 1. The lowest BCUT2D eigenvalue weighted by atomic mass is 9.87. The van der Waals surface area contributed by atoms with Gasteiger partial charge in [-0.1, -0.05) is 6.92 Å². The summed E-state index contributed by atoms with van der Waals surface area (Å²) >= 11 is 1.53. The first-order chi connectivity index (χ1) is 14.6. The fourth-order valence-corrected chi connectivity index (χ4v) is 4.13. The van der Waals surface area contributed by atoms with Crippen LogP contribution in [0, 0.1) is 16.0 Å². The number of carbonyl (C=O) groups is 2. The Morgan fingerprint density at radius 2 is 1.71 bits per heavy atom. The summed E-state index contributed by atoms with van der Waals surface area (Å²) in [5.41, 5.74) is 2.24. The third-order valence-corrected chi connectivity index (χ3v) is 5.77. The molecule has 168 valence electrons. The Morgan fingerprint density at radius 3 is 2.26 bits per heavy atom. The molecule has 0 aromatic heterocycles. The number of carbonyl (C=O) groups excluding carboxylic acids is 2. The monoisotopic (exact) mass is 448 g/mol. The first-order valence-corrected chi connectivity index (χ1v) is 11.0. The number of esters is 2. The third kappa shape index (κ3) is 6.58. The number of thioether (sulfide) groups is 1. The van der Waals surface area contributed by atoms with Crippen LogP contribution < -0.4 is 5.32 Å². The van der Waals surface area contributed by atoms with Crippen LogP contribution in [-0.4, -0.2) is 35.3 Å². The van der Waals surface area contributed by atoms with Gasteiger partial charge in [0.25, 0.3) is 5.69 Å². The minimum atomic E-state index is -0.458. The smallest absolute Gasteiger partial charge is 0.336 e. The second kappa shape index (κ2) is 11.0. The van der Waals surface area contributed by atoms with E-state index in [1.807, 2.05) is 0 Å². The van der Waals surface area contributed by atoms with E-state index in [1.165, 1.54) is 23.9 Å². The van der Waals surface area contributed by atoms with E-state index >= 15 is 0 Å². The molecule has 1 aliphatic heterocycles. The summed E-state index contributed by atoms with van der Waals surface area (Å²) in [5.74, 6) is -0.637. The maximum atomic E-state index is 12.7. The zero-order valence-corrected chi connectivity index (χ0v) is 19.2. The summed E-state index contributed by atoms with van der Waals surface area (Å²) in [5, 5.41) is 13.8. The van der Waals surface area contributed by atoms with Gasteiger partial charge < -0.3 is 14.8 Å². The summed E-state index contributed by atoms with van der Waals surface area (Å²) < 4.78 is 10.8. The quantitative estimate of drug-likeness (QED) is 0.195. The summed E-state index contributed by atoms with van der Waals surface area (Å²) in [7, 11) is 0. The summed E-state index contributed by atoms with van der Waals surface area (Å²) in [6, 6.07) is 6.33. The van der Waals surface area contributed by atoms with Crippen LogP contribution in [0.15, 0.2) is 51.7 Å². The molecule has 31 heavy (non-hydrogen) atoms. The van der Waals surface area contributed by atoms with E-state index in [0.29, 0.717) is 34.7 Å². The van der Waals surface area contributed by atoms with Crippen molar-refractivity contribution in [2.45, 2.75) is 52.0 Å². The minimum absolute atomic E-state index is 0.0538. The number of benzene rings is 1. The lowest BCUT2D eigenvalue weighted by molar-refractivity contribution is -0.384. The van der Waals surface area contributed by atoms with Gasteiger partial charge >= 0.3 is 11.9 Å². The van der Waals surface area contributed by atoms with E-state index in [4.69, 9.17) is 9.47 Å². The molecule has 0 spiro atoms. The van der Waals surface area contributed by atoms with Crippen molar-refractivity contribution in [3.63, 3.8) is 0 Å². The Labute approximate surface area is 186 Å². The predicted molar refractivity (Wildman–Crippen MR) is 118 cm³/mol. The zero-order chi connectivity index (χ0) is 23.1. The van der Waals surface area contributed by atoms with Crippen LogP contribution in [0.5, 0.6) is 0 Å². The van der Waals surface area contributed by atoms with Crippen molar-refractivity contribution < 1.29 is 24.0 Å². The highest BCUT2D eigenvalue weighted by Crippen LogP contribution is 2.31. The van der Waals surface area contributed by atoms with Gasteiger partial charge in [0.15, 0.2) is 0 Å². The van der Waals surface area contributed by atoms with Crippen molar-refractivity contribution in [2.75, 3.05) is 12.4 Å². The second-order valence-electron chi connectivity index (χ2n) is 7.47. The van der Waals surface area contributed by atoms with E-state index in [9.17, 15) is 19.7 Å². The van der Waals surface area contributed by atoms with Gasteiger partial charge in [-0.2, -0.15) is 0 Å². The fraction of sp³-hybridized carbons (Fsp3) is 0.455. The molecule has 0 radical (unpaired) electrons. The van der Waals surface area contributed by atoms with Crippen molar-refractivity contribution in [1.82, 2.24) is 5.32 Å². The average molecular weight is 449 g/mol. The van der Waals surface area contributed by atoms with Gasteiger partial charge in [0.2, 0.25) is 0 Å². The fourth-order valence-electron chi connectivity index (χ4n) is 3.30. The largest absolute Gasteiger partial charge is 0.462 e. The van der Waals surface area contributed by atoms with Crippen LogP contribution in [0.1, 0.15) is 41.0 Å². The lowest BCUT2D eigenvalue weighted by Gasteiger charge is -2.28. The number of nitro groups is 1. The molecule has 2 rings (SSSR count).